The minimum atomic E-state index is -0.878. The molecule has 0 aromatic heterocycles. The first-order valence-corrected chi connectivity index (χ1v) is 10.8. The van der Waals surface area contributed by atoms with Crippen LogP contribution in [0.4, 0.5) is 0 Å². The van der Waals surface area contributed by atoms with Crippen molar-refractivity contribution in [3.8, 4) is 0 Å². The lowest BCUT2D eigenvalue weighted by Crippen LogP contribution is -2.42. The van der Waals surface area contributed by atoms with Crippen molar-refractivity contribution in [3.05, 3.63) is 12.2 Å². The van der Waals surface area contributed by atoms with Crippen LogP contribution in [0.2, 0.25) is 0 Å². The molecule has 25 heavy (non-hydrogen) atoms. The molecule has 1 aliphatic rings. The molecule has 1 rings (SSSR count). The fraction of sp³-hybridized carbons (Fsp3) is 0.864. The van der Waals surface area contributed by atoms with Crippen molar-refractivity contribution in [1.82, 2.24) is 4.90 Å². The molecular weight excluding hydrogens is 308 g/mol. The van der Waals surface area contributed by atoms with Crippen molar-refractivity contribution in [2.45, 2.75) is 109 Å². The van der Waals surface area contributed by atoms with Crippen LogP contribution in [-0.2, 0) is 0 Å². The number of hydrogen-bond donors (Lipinski definition) is 1. The van der Waals surface area contributed by atoms with Crippen LogP contribution in [0.25, 0.3) is 0 Å². The van der Waals surface area contributed by atoms with Crippen molar-refractivity contribution >= 4 is 6.34 Å². The Morgan fingerprint density at radius 1 is 0.920 bits per heavy atom. The molecule has 0 bridgehead atoms. The van der Waals surface area contributed by atoms with Gasteiger partial charge in [0.15, 0.2) is 5.72 Å². The predicted octanol–water partition coefficient (Wildman–Crippen LogP) is 6.08. The van der Waals surface area contributed by atoms with Crippen LogP contribution in [-0.4, -0.2) is 35.2 Å². The van der Waals surface area contributed by atoms with Gasteiger partial charge in [-0.2, -0.15) is 0 Å². The van der Waals surface area contributed by atoms with Crippen LogP contribution in [0.1, 0.15) is 104 Å². The zero-order chi connectivity index (χ0) is 18.2. The molecule has 0 aliphatic carbocycles. The topological polar surface area (TPSA) is 35.8 Å². The molecule has 3 nitrogen and oxygen atoms in total. The molecule has 0 spiro atoms. The van der Waals surface area contributed by atoms with Gasteiger partial charge in [0.25, 0.3) is 0 Å². The first kappa shape index (κ1) is 22.2. The van der Waals surface area contributed by atoms with Crippen molar-refractivity contribution < 1.29 is 5.11 Å². The molecule has 146 valence electrons. The summed E-state index contributed by atoms with van der Waals surface area (Å²) in [6.45, 7) is 5.73. The minimum Gasteiger partial charge on any atom is -0.368 e. The highest BCUT2D eigenvalue weighted by molar-refractivity contribution is 5.58. The molecule has 0 aromatic rings. The Bertz CT molecular complexity index is 363. The molecule has 1 heterocycles. The summed E-state index contributed by atoms with van der Waals surface area (Å²) < 4.78 is 0. The Kier molecular flexibility index (Phi) is 12.8. The van der Waals surface area contributed by atoms with E-state index in [1.54, 1.807) is 6.34 Å². The van der Waals surface area contributed by atoms with E-state index in [0.29, 0.717) is 0 Å². The van der Waals surface area contributed by atoms with Crippen molar-refractivity contribution in [3.63, 3.8) is 0 Å². The fourth-order valence-electron chi connectivity index (χ4n) is 3.41. The van der Waals surface area contributed by atoms with Crippen LogP contribution in [0.15, 0.2) is 17.1 Å². The second kappa shape index (κ2) is 14.4. The number of hydrogen-bond acceptors (Lipinski definition) is 3. The van der Waals surface area contributed by atoms with Crippen molar-refractivity contribution in [2.24, 2.45) is 4.99 Å². The third-order valence-corrected chi connectivity index (χ3v) is 5.18. The van der Waals surface area contributed by atoms with Gasteiger partial charge in [-0.05, 0) is 25.8 Å². The van der Waals surface area contributed by atoms with Crippen molar-refractivity contribution in [1.29, 1.82) is 0 Å². The molecule has 3 heteroatoms. The van der Waals surface area contributed by atoms with Gasteiger partial charge in [-0.1, -0.05) is 90.0 Å². The highest BCUT2D eigenvalue weighted by Gasteiger charge is 2.25. The van der Waals surface area contributed by atoms with Gasteiger partial charge in [-0.3, -0.25) is 4.99 Å². The number of nitrogens with zero attached hydrogens (tertiary/aromatic N) is 2. The molecule has 1 aliphatic heterocycles. The highest BCUT2D eigenvalue weighted by Crippen LogP contribution is 2.16. The summed E-state index contributed by atoms with van der Waals surface area (Å²) in [6.07, 6.45) is 25.0. The van der Waals surface area contributed by atoms with E-state index in [9.17, 15) is 5.11 Å². The van der Waals surface area contributed by atoms with Gasteiger partial charge >= 0.3 is 0 Å². The lowest BCUT2D eigenvalue weighted by Gasteiger charge is -2.29. The second-order valence-electron chi connectivity index (χ2n) is 7.74. The van der Waals surface area contributed by atoms with Crippen molar-refractivity contribution in [2.75, 3.05) is 13.1 Å². The summed E-state index contributed by atoms with van der Waals surface area (Å²) in [5, 5.41) is 10.4. The maximum Gasteiger partial charge on any atom is 0.155 e. The quantitative estimate of drug-likeness (QED) is 0.270. The zero-order valence-corrected chi connectivity index (χ0v) is 16.9. The smallest absolute Gasteiger partial charge is 0.155 e. The predicted molar refractivity (Wildman–Crippen MR) is 110 cm³/mol. The average molecular weight is 351 g/mol. The summed E-state index contributed by atoms with van der Waals surface area (Å²) >= 11 is 0. The van der Waals surface area contributed by atoms with E-state index < -0.39 is 5.72 Å². The SMILES string of the molecule is CCCCCCCCCCCCCCC/C=C/C(C)(O)N1C=NCC1. The molecule has 0 fully saturated rings. The second-order valence-corrected chi connectivity index (χ2v) is 7.74. The molecule has 1 N–H and O–H groups in total. The Morgan fingerprint density at radius 2 is 1.44 bits per heavy atom. The van der Waals surface area contributed by atoms with Crippen LogP contribution >= 0.6 is 0 Å². The van der Waals surface area contributed by atoms with E-state index >= 15 is 0 Å². The Morgan fingerprint density at radius 3 is 1.92 bits per heavy atom. The third kappa shape index (κ3) is 11.4. The summed E-state index contributed by atoms with van der Waals surface area (Å²) in [4.78, 5) is 6.06. The number of rotatable bonds is 16. The van der Waals surface area contributed by atoms with E-state index in [2.05, 4.69) is 18.0 Å². The standard InChI is InChI=1S/C22H42N2O/c1-3-4-5-6-7-8-9-10-11-12-13-14-15-16-17-18-22(2,25)24-20-19-23-21-24/h17-18,21,25H,3-16,19-20H2,1-2H3/b18-17+. The number of unbranched alkanes of at least 4 members (excludes halogenated alkanes) is 13. The maximum absolute atomic E-state index is 10.4. The lowest BCUT2D eigenvalue weighted by molar-refractivity contribution is 0.00118. The summed E-state index contributed by atoms with van der Waals surface area (Å²) in [6, 6.07) is 0. The molecule has 0 radical (unpaired) electrons. The van der Waals surface area contributed by atoms with Gasteiger partial charge < -0.3 is 10.0 Å². The van der Waals surface area contributed by atoms with E-state index in [-0.39, 0.29) is 0 Å². The molecule has 1 atom stereocenters. The Hall–Kier alpha value is -0.830. The average Bonchev–Trinajstić information content (AvgIpc) is 3.14. The minimum absolute atomic E-state index is 0.794. The van der Waals surface area contributed by atoms with Crippen LogP contribution in [0, 0.1) is 0 Å². The van der Waals surface area contributed by atoms with E-state index in [4.69, 9.17) is 0 Å². The van der Waals surface area contributed by atoms with Gasteiger partial charge in [0.05, 0.1) is 12.9 Å². The Balaban J connectivity index is 1.84. The lowest BCUT2D eigenvalue weighted by atomic mass is 10.0. The fourth-order valence-corrected chi connectivity index (χ4v) is 3.41. The largest absolute Gasteiger partial charge is 0.368 e. The summed E-state index contributed by atoms with van der Waals surface area (Å²) in [5.74, 6) is 0. The monoisotopic (exact) mass is 350 g/mol. The molecule has 1 unspecified atom stereocenters. The maximum atomic E-state index is 10.4. The van der Waals surface area contributed by atoms with Crippen LogP contribution < -0.4 is 0 Å². The van der Waals surface area contributed by atoms with Gasteiger partial charge in [0, 0.05) is 6.54 Å². The molecular formula is C22H42N2O. The molecule has 0 saturated heterocycles. The van der Waals surface area contributed by atoms with Gasteiger partial charge in [0.1, 0.15) is 0 Å². The van der Waals surface area contributed by atoms with E-state index in [1.165, 1.54) is 83.5 Å². The zero-order valence-electron chi connectivity index (χ0n) is 16.9. The number of aliphatic imine (C=N–C) groups is 1. The third-order valence-electron chi connectivity index (χ3n) is 5.18. The van der Waals surface area contributed by atoms with Crippen LogP contribution in [0.3, 0.4) is 0 Å². The molecule has 0 amide bonds. The van der Waals surface area contributed by atoms with Gasteiger partial charge in [-0.15, -0.1) is 0 Å². The number of aliphatic hydroxyl groups is 1. The van der Waals surface area contributed by atoms with E-state index in [0.717, 1.165) is 19.5 Å². The van der Waals surface area contributed by atoms with Crippen LogP contribution in [0.5, 0.6) is 0 Å². The normalized spacial score (nSPS) is 16.8. The van der Waals surface area contributed by atoms with E-state index in [1.807, 2.05) is 17.9 Å². The summed E-state index contributed by atoms with van der Waals surface area (Å²) in [5.41, 5.74) is -0.878. The van der Waals surface area contributed by atoms with Gasteiger partial charge in [0.2, 0.25) is 0 Å². The summed E-state index contributed by atoms with van der Waals surface area (Å²) in [7, 11) is 0. The molecule has 0 saturated carbocycles. The van der Waals surface area contributed by atoms with Gasteiger partial charge in [-0.25, -0.2) is 0 Å². The Labute approximate surface area is 156 Å². The first-order chi connectivity index (χ1) is 12.2. The first-order valence-electron chi connectivity index (χ1n) is 10.8. The number of allylic oxidation sites excluding steroid dienone is 1. The molecule has 0 aromatic carbocycles. The highest BCUT2D eigenvalue weighted by atomic mass is 16.3.